The number of nitrogens with zero attached hydrogens (tertiary/aromatic N) is 6. The number of piperazine rings is 1. The number of rotatable bonds is 7. The lowest BCUT2D eigenvalue weighted by Gasteiger charge is -2.36. The van der Waals surface area contributed by atoms with Gasteiger partial charge < -0.3 is 19.3 Å². The summed E-state index contributed by atoms with van der Waals surface area (Å²) in [7, 11) is 3.40. The number of aryl methyl sites for hydroxylation is 2. The summed E-state index contributed by atoms with van der Waals surface area (Å²) >= 11 is 0. The first kappa shape index (κ1) is 26.0. The smallest absolute Gasteiger partial charge is 0.358 e. The lowest BCUT2D eigenvalue weighted by atomic mass is 10.1. The molecule has 1 saturated heterocycles. The van der Waals surface area contributed by atoms with Crippen molar-refractivity contribution in [3.63, 3.8) is 0 Å². The van der Waals surface area contributed by atoms with E-state index >= 15 is 0 Å². The number of methoxy groups -OCH3 is 1. The predicted molar refractivity (Wildman–Crippen MR) is 148 cm³/mol. The van der Waals surface area contributed by atoms with E-state index < -0.39 is 5.97 Å². The second-order valence-electron chi connectivity index (χ2n) is 9.34. The molecule has 2 aromatic carbocycles. The molecule has 39 heavy (non-hydrogen) atoms. The molecule has 4 aromatic rings. The molecule has 5 rings (SSSR count). The van der Waals surface area contributed by atoms with E-state index in [4.69, 9.17) is 9.47 Å². The van der Waals surface area contributed by atoms with Crippen LogP contribution >= 0.6 is 0 Å². The third-order valence-corrected chi connectivity index (χ3v) is 6.82. The van der Waals surface area contributed by atoms with Gasteiger partial charge in [-0.15, -0.1) is 0 Å². The lowest BCUT2D eigenvalue weighted by molar-refractivity contribution is 0.0518. The van der Waals surface area contributed by atoms with Gasteiger partial charge in [-0.3, -0.25) is 9.48 Å². The van der Waals surface area contributed by atoms with Crippen LogP contribution in [-0.2, 0) is 11.8 Å². The van der Waals surface area contributed by atoms with Crippen LogP contribution in [0.1, 0.15) is 33.6 Å². The van der Waals surface area contributed by atoms with Gasteiger partial charge in [0.05, 0.1) is 25.1 Å². The quantitative estimate of drug-likeness (QED) is 0.338. The zero-order chi connectivity index (χ0) is 27.5. The second-order valence-corrected chi connectivity index (χ2v) is 9.34. The van der Waals surface area contributed by atoms with Crippen LogP contribution in [-0.4, -0.2) is 76.2 Å². The first-order chi connectivity index (χ1) is 18.9. The summed E-state index contributed by atoms with van der Waals surface area (Å²) in [5.74, 6) is 0.176. The fraction of sp³-hybridized carbons (Fsp3) is 0.310. The highest BCUT2D eigenvalue weighted by atomic mass is 16.5. The summed E-state index contributed by atoms with van der Waals surface area (Å²) in [6.07, 6.45) is 0. The third kappa shape index (κ3) is 5.22. The summed E-state index contributed by atoms with van der Waals surface area (Å²) in [6, 6.07) is 19.3. The highest BCUT2D eigenvalue weighted by Crippen LogP contribution is 2.31. The molecule has 202 valence electrons. The van der Waals surface area contributed by atoms with Crippen LogP contribution in [0.15, 0.2) is 60.7 Å². The van der Waals surface area contributed by atoms with Gasteiger partial charge in [0.15, 0.2) is 5.69 Å². The van der Waals surface area contributed by atoms with Gasteiger partial charge in [0.25, 0.3) is 5.91 Å². The topological polar surface area (TPSA) is 94.7 Å². The van der Waals surface area contributed by atoms with Crippen molar-refractivity contribution >= 4 is 17.6 Å². The normalized spacial score (nSPS) is 13.4. The first-order valence-electron chi connectivity index (χ1n) is 13.0. The molecule has 0 N–H and O–H groups in total. The van der Waals surface area contributed by atoms with Gasteiger partial charge in [-0.05, 0) is 50.2 Å². The Morgan fingerprint density at radius 3 is 2.31 bits per heavy atom. The third-order valence-electron chi connectivity index (χ3n) is 6.82. The van der Waals surface area contributed by atoms with Crippen molar-refractivity contribution in [1.29, 1.82) is 0 Å². The Bertz CT molecular complexity index is 1480. The van der Waals surface area contributed by atoms with E-state index in [0.29, 0.717) is 24.5 Å². The van der Waals surface area contributed by atoms with Gasteiger partial charge in [0.1, 0.15) is 17.1 Å². The number of amides is 1. The first-order valence-corrected chi connectivity index (χ1v) is 13.0. The van der Waals surface area contributed by atoms with E-state index in [1.54, 1.807) is 36.5 Å². The van der Waals surface area contributed by atoms with Crippen LogP contribution in [0.25, 0.3) is 16.9 Å². The van der Waals surface area contributed by atoms with Crippen molar-refractivity contribution in [3.8, 4) is 22.7 Å². The van der Waals surface area contributed by atoms with E-state index in [0.717, 1.165) is 41.4 Å². The molecule has 1 aliphatic rings. The summed E-state index contributed by atoms with van der Waals surface area (Å²) in [5, 5.41) is 8.86. The molecule has 0 bridgehead atoms. The Morgan fingerprint density at radius 1 is 0.949 bits per heavy atom. The minimum atomic E-state index is -0.474. The number of para-hydroxylation sites is 2. The zero-order valence-corrected chi connectivity index (χ0v) is 22.6. The second kappa shape index (κ2) is 11.0. The molecule has 10 heteroatoms. The van der Waals surface area contributed by atoms with Gasteiger partial charge in [0, 0.05) is 44.5 Å². The Labute approximate surface area is 227 Å². The van der Waals surface area contributed by atoms with Crippen LogP contribution in [0, 0.1) is 6.92 Å². The van der Waals surface area contributed by atoms with E-state index in [1.165, 1.54) is 0 Å². The van der Waals surface area contributed by atoms with Gasteiger partial charge in [-0.2, -0.15) is 10.2 Å². The van der Waals surface area contributed by atoms with Crippen LogP contribution in [0.3, 0.4) is 0 Å². The molecule has 0 atom stereocenters. The van der Waals surface area contributed by atoms with Crippen molar-refractivity contribution in [2.75, 3.05) is 44.8 Å². The SMILES string of the molecule is CCOC(=O)c1cc(-c2ccc(N3CCN(C(=O)c4cc(C)nn4C)CC3)cc2)n(-c2ccccc2OC)n1. The summed E-state index contributed by atoms with van der Waals surface area (Å²) in [6.45, 7) is 6.65. The molecule has 2 aromatic heterocycles. The molecule has 0 aliphatic carbocycles. The summed E-state index contributed by atoms with van der Waals surface area (Å²) in [4.78, 5) is 29.6. The lowest BCUT2D eigenvalue weighted by Crippen LogP contribution is -2.49. The van der Waals surface area contributed by atoms with Gasteiger partial charge in [-0.1, -0.05) is 24.3 Å². The van der Waals surface area contributed by atoms with Crippen molar-refractivity contribution in [2.45, 2.75) is 13.8 Å². The van der Waals surface area contributed by atoms with Gasteiger partial charge in [-0.25, -0.2) is 9.48 Å². The average Bonchev–Trinajstić information content (AvgIpc) is 3.56. The largest absolute Gasteiger partial charge is 0.494 e. The number of hydrogen-bond donors (Lipinski definition) is 0. The summed E-state index contributed by atoms with van der Waals surface area (Å²) < 4.78 is 14.1. The fourth-order valence-corrected chi connectivity index (χ4v) is 4.86. The van der Waals surface area contributed by atoms with E-state index in [1.807, 2.05) is 54.3 Å². The zero-order valence-electron chi connectivity index (χ0n) is 22.6. The molecule has 1 amide bonds. The number of ether oxygens (including phenoxy) is 2. The maximum Gasteiger partial charge on any atom is 0.358 e. The highest BCUT2D eigenvalue weighted by Gasteiger charge is 2.25. The number of anilines is 1. The number of esters is 1. The van der Waals surface area contributed by atoms with Gasteiger partial charge >= 0.3 is 5.97 Å². The molecule has 0 spiro atoms. The fourth-order valence-electron chi connectivity index (χ4n) is 4.86. The number of carbonyl (C=O) groups is 2. The minimum Gasteiger partial charge on any atom is -0.494 e. The van der Waals surface area contributed by atoms with Crippen molar-refractivity contribution < 1.29 is 19.1 Å². The van der Waals surface area contributed by atoms with Crippen LogP contribution in [0.4, 0.5) is 5.69 Å². The molecule has 3 heterocycles. The standard InChI is InChI=1S/C29H32N6O4/c1-5-39-29(37)23-19-25(35(31-23)24-8-6-7-9-27(24)38-4)21-10-12-22(13-11-21)33-14-16-34(17-15-33)28(36)26-18-20(2)30-32(26)3/h6-13,18-19H,5,14-17H2,1-4H3. The Hall–Kier alpha value is -4.60. The van der Waals surface area contributed by atoms with E-state index in [2.05, 4.69) is 27.2 Å². The summed E-state index contributed by atoms with van der Waals surface area (Å²) in [5.41, 5.74) is 5.10. The molecule has 0 unspecified atom stereocenters. The number of hydrogen-bond acceptors (Lipinski definition) is 7. The van der Waals surface area contributed by atoms with Crippen molar-refractivity contribution in [3.05, 3.63) is 77.7 Å². The number of aromatic nitrogens is 4. The van der Waals surface area contributed by atoms with Gasteiger partial charge in [0.2, 0.25) is 0 Å². The predicted octanol–water partition coefficient (Wildman–Crippen LogP) is 3.73. The molecule has 1 fully saturated rings. The molecule has 0 radical (unpaired) electrons. The number of benzene rings is 2. The Balaban J connectivity index is 1.36. The molecule has 0 saturated carbocycles. The van der Waals surface area contributed by atoms with Crippen LogP contribution in [0.5, 0.6) is 5.75 Å². The van der Waals surface area contributed by atoms with Crippen molar-refractivity contribution in [2.24, 2.45) is 7.05 Å². The minimum absolute atomic E-state index is 0.00936. The molecular formula is C29H32N6O4. The molecule has 10 nitrogen and oxygen atoms in total. The van der Waals surface area contributed by atoms with E-state index in [9.17, 15) is 9.59 Å². The molecular weight excluding hydrogens is 496 g/mol. The monoisotopic (exact) mass is 528 g/mol. The highest BCUT2D eigenvalue weighted by molar-refractivity contribution is 5.93. The maximum atomic E-state index is 13.0. The van der Waals surface area contributed by atoms with Crippen molar-refractivity contribution in [1.82, 2.24) is 24.5 Å². The average molecular weight is 529 g/mol. The maximum absolute atomic E-state index is 13.0. The van der Waals surface area contributed by atoms with E-state index in [-0.39, 0.29) is 18.2 Å². The van der Waals surface area contributed by atoms with Crippen LogP contribution in [0.2, 0.25) is 0 Å². The van der Waals surface area contributed by atoms with Crippen LogP contribution < -0.4 is 9.64 Å². The Morgan fingerprint density at radius 2 is 1.67 bits per heavy atom. The number of carbonyl (C=O) groups excluding carboxylic acids is 2. The molecule has 1 aliphatic heterocycles. The Kier molecular flexibility index (Phi) is 7.36.